The normalized spacial score (nSPS) is 37.6. The van der Waals surface area contributed by atoms with E-state index in [1.165, 1.54) is 0 Å². The summed E-state index contributed by atoms with van der Waals surface area (Å²) in [7, 11) is -4.86. The van der Waals surface area contributed by atoms with Gasteiger partial charge in [0, 0.05) is 0 Å². The minimum absolute atomic E-state index is 0.757. The number of ether oxygens (including phenoxy) is 1. The molecule has 0 saturated carbocycles. The molecule has 1 heterocycles. The van der Waals surface area contributed by atoms with Gasteiger partial charge in [-0.3, -0.25) is 4.55 Å². The molecule has 0 aromatic heterocycles. The van der Waals surface area contributed by atoms with Crippen LogP contribution in [0, 0.1) is 0 Å². The lowest BCUT2D eigenvalue weighted by molar-refractivity contribution is -0.137. The minimum atomic E-state index is -4.86. The molecule has 1 aliphatic heterocycles. The van der Waals surface area contributed by atoms with Crippen LogP contribution in [0.5, 0.6) is 0 Å². The SMILES string of the molecule is O=S(=O)(O)O[C@@H]1O[C@@H](C(O)CO)[C@H](O)[C@H]1O. The quantitative estimate of drug-likeness (QED) is 0.325. The number of hydrogen-bond acceptors (Lipinski definition) is 8. The van der Waals surface area contributed by atoms with Crippen LogP contribution < -0.4 is 0 Å². The van der Waals surface area contributed by atoms with Gasteiger partial charge < -0.3 is 25.2 Å². The summed E-state index contributed by atoms with van der Waals surface area (Å²) >= 11 is 0. The number of aliphatic hydroxyl groups is 4. The molecule has 0 aromatic carbocycles. The van der Waals surface area contributed by atoms with E-state index in [4.69, 9.17) is 14.8 Å². The lowest BCUT2D eigenvalue weighted by Crippen LogP contribution is -2.40. The first-order chi connectivity index (χ1) is 7.26. The highest BCUT2D eigenvalue weighted by atomic mass is 32.3. The van der Waals surface area contributed by atoms with Gasteiger partial charge >= 0.3 is 10.4 Å². The summed E-state index contributed by atoms with van der Waals surface area (Å²) in [6.45, 7) is -0.757. The van der Waals surface area contributed by atoms with E-state index in [2.05, 4.69) is 8.92 Å². The van der Waals surface area contributed by atoms with E-state index >= 15 is 0 Å². The summed E-state index contributed by atoms with van der Waals surface area (Å²) in [5.74, 6) is 0. The second kappa shape index (κ2) is 4.89. The Morgan fingerprint density at radius 2 is 1.88 bits per heavy atom. The third kappa shape index (κ3) is 3.09. The lowest BCUT2D eigenvalue weighted by atomic mass is 10.1. The molecule has 1 rings (SSSR count). The van der Waals surface area contributed by atoms with Gasteiger partial charge in [0.1, 0.15) is 24.4 Å². The Bertz CT molecular complexity index is 327. The fourth-order valence-electron chi connectivity index (χ4n) is 1.29. The van der Waals surface area contributed by atoms with Crippen molar-refractivity contribution in [2.45, 2.75) is 30.7 Å². The predicted molar refractivity (Wildman–Crippen MR) is 46.4 cm³/mol. The van der Waals surface area contributed by atoms with Crippen molar-refractivity contribution in [1.29, 1.82) is 0 Å². The molecule has 1 aliphatic rings. The van der Waals surface area contributed by atoms with Crippen molar-refractivity contribution in [3.8, 4) is 0 Å². The van der Waals surface area contributed by atoms with Gasteiger partial charge in [-0.1, -0.05) is 0 Å². The summed E-state index contributed by atoms with van der Waals surface area (Å²) in [6, 6.07) is 0. The van der Waals surface area contributed by atoms with Crippen LogP contribution in [0.3, 0.4) is 0 Å². The van der Waals surface area contributed by atoms with Gasteiger partial charge in [-0.25, -0.2) is 4.18 Å². The van der Waals surface area contributed by atoms with Gasteiger partial charge in [-0.2, -0.15) is 8.42 Å². The van der Waals surface area contributed by atoms with Crippen molar-refractivity contribution in [1.82, 2.24) is 0 Å². The molecule has 10 heteroatoms. The van der Waals surface area contributed by atoms with Crippen molar-refractivity contribution in [3.63, 3.8) is 0 Å². The van der Waals surface area contributed by atoms with E-state index in [9.17, 15) is 18.6 Å². The molecule has 0 spiro atoms. The summed E-state index contributed by atoms with van der Waals surface area (Å²) in [5, 5.41) is 36.3. The molecule has 96 valence electrons. The number of aliphatic hydroxyl groups excluding tert-OH is 4. The molecule has 9 nitrogen and oxygen atoms in total. The van der Waals surface area contributed by atoms with Gasteiger partial charge in [0.25, 0.3) is 0 Å². The smallest absolute Gasteiger partial charge is 0.394 e. The van der Waals surface area contributed by atoms with Gasteiger partial charge in [0.15, 0.2) is 0 Å². The molecule has 0 bridgehead atoms. The van der Waals surface area contributed by atoms with Crippen molar-refractivity contribution in [2.75, 3.05) is 6.61 Å². The molecule has 1 fully saturated rings. The van der Waals surface area contributed by atoms with Gasteiger partial charge in [0.2, 0.25) is 6.29 Å². The Morgan fingerprint density at radius 3 is 2.31 bits per heavy atom. The van der Waals surface area contributed by atoms with Crippen molar-refractivity contribution < 1.29 is 42.3 Å². The Hall–Kier alpha value is -0.330. The summed E-state index contributed by atoms with van der Waals surface area (Å²) < 4.78 is 37.6. The van der Waals surface area contributed by atoms with Crippen LogP contribution >= 0.6 is 0 Å². The van der Waals surface area contributed by atoms with Crippen molar-refractivity contribution >= 4 is 10.4 Å². The molecule has 5 N–H and O–H groups in total. The van der Waals surface area contributed by atoms with E-state index in [1.54, 1.807) is 0 Å². The molecule has 1 saturated heterocycles. The summed E-state index contributed by atoms with van der Waals surface area (Å²) in [4.78, 5) is 0. The number of hydrogen-bond donors (Lipinski definition) is 5. The zero-order chi connectivity index (χ0) is 12.5. The predicted octanol–water partition coefficient (Wildman–Crippen LogP) is -3.39. The minimum Gasteiger partial charge on any atom is -0.394 e. The highest BCUT2D eigenvalue weighted by Gasteiger charge is 2.48. The van der Waals surface area contributed by atoms with Crippen LogP contribution in [0.1, 0.15) is 0 Å². The first kappa shape index (κ1) is 13.7. The highest BCUT2D eigenvalue weighted by Crippen LogP contribution is 2.25. The van der Waals surface area contributed by atoms with E-state index < -0.39 is 47.7 Å². The average molecular weight is 260 g/mol. The second-order valence-corrected chi connectivity index (χ2v) is 4.27. The second-order valence-electron chi connectivity index (χ2n) is 3.22. The molecule has 0 aliphatic carbocycles. The van der Waals surface area contributed by atoms with Crippen molar-refractivity contribution in [3.05, 3.63) is 0 Å². The standard InChI is InChI=1S/C6H12O9S/c7-1-2(8)5-3(9)4(10)6(14-5)15-16(11,12)13/h2-10H,1H2,(H,11,12,13)/t2?,3-,4-,5+,6+/m1/s1. The van der Waals surface area contributed by atoms with Crippen LogP contribution in [-0.4, -0.2) is 70.7 Å². The van der Waals surface area contributed by atoms with Crippen LogP contribution in [0.2, 0.25) is 0 Å². The van der Waals surface area contributed by atoms with Crippen molar-refractivity contribution in [2.24, 2.45) is 0 Å². The molecular formula is C6H12O9S. The fourth-order valence-corrected chi connectivity index (χ4v) is 1.69. The van der Waals surface area contributed by atoms with Crippen LogP contribution in [0.4, 0.5) is 0 Å². The average Bonchev–Trinajstić information content (AvgIpc) is 2.43. The first-order valence-electron chi connectivity index (χ1n) is 4.22. The first-order valence-corrected chi connectivity index (χ1v) is 5.59. The van der Waals surface area contributed by atoms with Crippen LogP contribution in [-0.2, 0) is 19.3 Å². The maximum atomic E-state index is 10.3. The largest absolute Gasteiger partial charge is 0.399 e. The Balaban J connectivity index is 2.72. The van der Waals surface area contributed by atoms with Gasteiger partial charge in [-0.15, -0.1) is 0 Å². The molecule has 0 radical (unpaired) electrons. The summed E-state index contributed by atoms with van der Waals surface area (Å²) in [6.07, 6.45) is -8.18. The molecular weight excluding hydrogens is 248 g/mol. The maximum absolute atomic E-state index is 10.3. The van der Waals surface area contributed by atoms with Crippen LogP contribution in [0.15, 0.2) is 0 Å². The zero-order valence-corrected chi connectivity index (χ0v) is 8.69. The molecule has 5 atom stereocenters. The molecule has 1 unspecified atom stereocenters. The van der Waals surface area contributed by atoms with E-state index in [0.29, 0.717) is 0 Å². The Kier molecular flexibility index (Phi) is 4.20. The third-order valence-corrected chi connectivity index (χ3v) is 2.47. The van der Waals surface area contributed by atoms with Gasteiger partial charge in [-0.05, 0) is 0 Å². The molecule has 16 heavy (non-hydrogen) atoms. The Labute approximate surface area is 90.8 Å². The monoisotopic (exact) mass is 260 g/mol. The Morgan fingerprint density at radius 1 is 1.31 bits per heavy atom. The molecule has 0 aromatic rings. The van der Waals surface area contributed by atoms with E-state index in [1.807, 2.05) is 0 Å². The maximum Gasteiger partial charge on any atom is 0.399 e. The van der Waals surface area contributed by atoms with E-state index in [0.717, 1.165) is 0 Å². The number of rotatable bonds is 4. The molecule has 0 amide bonds. The summed E-state index contributed by atoms with van der Waals surface area (Å²) in [5.41, 5.74) is 0. The zero-order valence-electron chi connectivity index (χ0n) is 7.87. The topological polar surface area (TPSA) is 154 Å². The highest BCUT2D eigenvalue weighted by molar-refractivity contribution is 7.80. The lowest BCUT2D eigenvalue weighted by Gasteiger charge is -2.18. The van der Waals surface area contributed by atoms with E-state index in [-0.39, 0.29) is 0 Å². The third-order valence-electron chi connectivity index (χ3n) is 2.04. The van der Waals surface area contributed by atoms with Crippen LogP contribution in [0.25, 0.3) is 0 Å². The fraction of sp³-hybridized carbons (Fsp3) is 1.00. The van der Waals surface area contributed by atoms with Gasteiger partial charge in [0.05, 0.1) is 6.61 Å².